The fourth-order valence-corrected chi connectivity index (χ4v) is 3.88. The molecule has 1 N–H and O–H groups in total. The number of aryl methyl sites for hydroxylation is 1. The second kappa shape index (κ2) is 8.44. The van der Waals surface area contributed by atoms with Crippen LogP contribution in [-0.4, -0.2) is 51.8 Å². The van der Waals surface area contributed by atoms with Crippen molar-refractivity contribution in [3.63, 3.8) is 0 Å². The highest BCUT2D eigenvalue weighted by molar-refractivity contribution is 5.94. The van der Waals surface area contributed by atoms with Crippen molar-refractivity contribution in [3.05, 3.63) is 59.4 Å². The number of ether oxygens (including phenoxy) is 1. The molecule has 0 atom stereocenters. The monoisotopic (exact) mass is 428 g/mol. The zero-order valence-electron chi connectivity index (χ0n) is 17.9. The van der Waals surface area contributed by atoms with E-state index in [4.69, 9.17) is 4.74 Å². The molecule has 2 aromatic heterocycles. The van der Waals surface area contributed by atoms with Crippen molar-refractivity contribution in [2.45, 2.75) is 18.8 Å². The second-order valence-corrected chi connectivity index (χ2v) is 8.20. The molecule has 0 unspecified atom stereocenters. The number of piperazine rings is 1. The SMILES string of the molecule is Cn1nc(C2CC2)cc1Oc1cc(C#N)ccc1-c1ccc(C(=O)N2CCNCC2)cn1. The Morgan fingerprint density at radius 3 is 2.69 bits per heavy atom. The van der Waals surface area contributed by atoms with Crippen molar-refractivity contribution in [2.75, 3.05) is 26.2 Å². The van der Waals surface area contributed by atoms with Gasteiger partial charge in [0, 0.05) is 57.0 Å². The zero-order chi connectivity index (χ0) is 22.1. The van der Waals surface area contributed by atoms with Crippen molar-refractivity contribution >= 4 is 5.91 Å². The summed E-state index contributed by atoms with van der Waals surface area (Å²) >= 11 is 0. The van der Waals surface area contributed by atoms with E-state index < -0.39 is 0 Å². The number of hydrogen-bond donors (Lipinski definition) is 1. The highest BCUT2D eigenvalue weighted by atomic mass is 16.5. The number of rotatable bonds is 5. The molecule has 1 saturated heterocycles. The number of carbonyl (C=O) groups is 1. The van der Waals surface area contributed by atoms with Gasteiger partial charge < -0.3 is 15.0 Å². The predicted octanol–water partition coefficient (Wildman–Crippen LogP) is 3.07. The molecule has 5 rings (SSSR count). The van der Waals surface area contributed by atoms with E-state index in [1.54, 1.807) is 29.1 Å². The highest BCUT2D eigenvalue weighted by Crippen LogP contribution is 2.41. The number of benzene rings is 1. The number of hydrogen-bond acceptors (Lipinski definition) is 6. The molecule has 3 aromatic rings. The molecule has 1 amide bonds. The van der Waals surface area contributed by atoms with E-state index in [9.17, 15) is 10.1 Å². The molecule has 0 bridgehead atoms. The Labute approximate surface area is 186 Å². The van der Waals surface area contributed by atoms with Crippen LogP contribution in [0.5, 0.6) is 11.6 Å². The lowest BCUT2D eigenvalue weighted by atomic mass is 10.1. The van der Waals surface area contributed by atoms with E-state index in [2.05, 4.69) is 21.5 Å². The normalized spacial score (nSPS) is 15.9. The molecule has 1 aliphatic heterocycles. The van der Waals surface area contributed by atoms with Gasteiger partial charge in [-0.3, -0.25) is 9.78 Å². The Hall–Kier alpha value is -3.70. The van der Waals surface area contributed by atoms with Crippen LogP contribution in [0.3, 0.4) is 0 Å². The first-order valence-corrected chi connectivity index (χ1v) is 10.8. The Balaban J connectivity index is 1.43. The van der Waals surface area contributed by atoms with Crippen LogP contribution < -0.4 is 10.1 Å². The lowest BCUT2D eigenvalue weighted by Gasteiger charge is -2.27. The van der Waals surface area contributed by atoms with Crippen molar-refractivity contribution in [1.29, 1.82) is 5.26 Å². The molecule has 162 valence electrons. The molecule has 1 aliphatic carbocycles. The van der Waals surface area contributed by atoms with Gasteiger partial charge in [-0.1, -0.05) is 0 Å². The van der Waals surface area contributed by atoms with Gasteiger partial charge in [-0.2, -0.15) is 10.4 Å². The van der Waals surface area contributed by atoms with Crippen LogP contribution in [0.1, 0.15) is 40.4 Å². The molecule has 8 nitrogen and oxygen atoms in total. The van der Waals surface area contributed by atoms with Gasteiger partial charge in [0.1, 0.15) is 5.75 Å². The zero-order valence-corrected chi connectivity index (χ0v) is 17.9. The van der Waals surface area contributed by atoms with Gasteiger partial charge in [0.05, 0.1) is 28.6 Å². The molecule has 1 aromatic carbocycles. The van der Waals surface area contributed by atoms with Gasteiger partial charge in [0.15, 0.2) is 0 Å². The molecular weight excluding hydrogens is 404 g/mol. The van der Waals surface area contributed by atoms with Crippen molar-refractivity contribution in [1.82, 2.24) is 25.0 Å². The Bertz CT molecular complexity index is 1180. The van der Waals surface area contributed by atoms with Gasteiger partial charge in [-0.05, 0) is 43.2 Å². The van der Waals surface area contributed by atoms with E-state index in [1.165, 1.54) is 0 Å². The third kappa shape index (κ3) is 4.07. The van der Waals surface area contributed by atoms with Crippen LogP contribution >= 0.6 is 0 Å². The minimum atomic E-state index is -0.00987. The maximum Gasteiger partial charge on any atom is 0.255 e. The highest BCUT2D eigenvalue weighted by Gasteiger charge is 2.27. The van der Waals surface area contributed by atoms with Gasteiger partial charge in [-0.15, -0.1) is 0 Å². The molecular formula is C24H24N6O2. The van der Waals surface area contributed by atoms with E-state index in [1.807, 2.05) is 30.1 Å². The van der Waals surface area contributed by atoms with E-state index in [0.29, 0.717) is 47.5 Å². The second-order valence-electron chi connectivity index (χ2n) is 8.20. The predicted molar refractivity (Wildman–Crippen MR) is 118 cm³/mol. The number of carbonyl (C=O) groups excluding carboxylic acids is 1. The number of aromatic nitrogens is 3. The molecule has 32 heavy (non-hydrogen) atoms. The maximum atomic E-state index is 12.7. The summed E-state index contributed by atoms with van der Waals surface area (Å²) in [6.45, 7) is 3.00. The topological polar surface area (TPSA) is 96.1 Å². The first-order chi connectivity index (χ1) is 15.6. The number of nitriles is 1. The minimum Gasteiger partial charge on any atom is -0.439 e. The number of pyridine rings is 1. The summed E-state index contributed by atoms with van der Waals surface area (Å²) in [5, 5.41) is 17.2. The number of amides is 1. The number of nitrogens with one attached hydrogen (secondary N) is 1. The summed E-state index contributed by atoms with van der Waals surface area (Å²) in [5.74, 6) is 1.66. The summed E-state index contributed by atoms with van der Waals surface area (Å²) in [6, 6.07) is 13.0. The van der Waals surface area contributed by atoms with Crippen LogP contribution in [-0.2, 0) is 7.05 Å². The van der Waals surface area contributed by atoms with Crippen molar-refractivity contribution in [3.8, 4) is 29.0 Å². The minimum absolute atomic E-state index is 0.00987. The lowest BCUT2D eigenvalue weighted by Crippen LogP contribution is -2.46. The van der Waals surface area contributed by atoms with Gasteiger partial charge >= 0.3 is 0 Å². The molecule has 2 aliphatic rings. The molecule has 3 heterocycles. The van der Waals surface area contributed by atoms with Gasteiger partial charge in [0.25, 0.3) is 5.91 Å². The standard InChI is InChI=1S/C24H24N6O2/c1-29-23(13-21(28-29)17-3-4-17)32-22-12-16(14-25)2-6-19(22)20-7-5-18(15-27-20)24(31)30-10-8-26-9-11-30/h2,5-7,12-13,15,17,26H,3-4,8-11H2,1H3. The molecule has 0 radical (unpaired) electrons. The van der Waals surface area contributed by atoms with Crippen molar-refractivity contribution in [2.24, 2.45) is 7.05 Å². The lowest BCUT2D eigenvalue weighted by molar-refractivity contribution is 0.0735. The summed E-state index contributed by atoms with van der Waals surface area (Å²) < 4.78 is 7.92. The summed E-state index contributed by atoms with van der Waals surface area (Å²) in [6.07, 6.45) is 3.93. The average Bonchev–Trinajstić information content (AvgIpc) is 3.63. The molecule has 1 saturated carbocycles. The third-order valence-electron chi connectivity index (χ3n) is 5.87. The maximum absolute atomic E-state index is 12.7. The summed E-state index contributed by atoms with van der Waals surface area (Å²) in [7, 11) is 1.85. The Morgan fingerprint density at radius 2 is 2.00 bits per heavy atom. The first kappa shape index (κ1) is 20.2. The smallest absolute Gasteiger partial charge is 0.255 e. The van der Waals surface area contributed by atoms with Crippen LogP contribution in [0.25, 0.3) is 11.3 Å². The molecule has 0 spiro atoms. The third-order valence-corrected chi connectivity index (χ3v) is 5.87. The van der Waals surface area contributed by atoms with E-state index in [-0.39, 0.29) is 5.91 Å². The molecule has 8 heteroatoms. The summed E-state index contributed by atoms with van der Waals surface area (Å²) in [5.41, 5.74) is 3.52. The molecule has 2 fully saturated rings. The average molecular weight is 428 g/mol. The van der Waals surface area contributed by atoms with Crippen LogP contribution in [0, 0.1) is 11.3 Å². The summed E-state index contributed by atoms with van der Waals surface area (Å²) in [4.78, 5) is 19.1. The Morgan fingerprint density at radius 1 is 1.19 bits per heavy atom. The van der Waals surface area contributed by atoms with E-state index >= 15 is 0 Å². The fraction of sp³-hybridized carbons (Fsp3) is 0.333. The first-order valence-electron chi connectivity index (χ1n) is 10.8. The van der Waals surface area contributed by atoms with Gasteiger partial charge in [-0.25, -0.2) is 4.68 Å². The van der Waals surface area contributed by atoms with Crippen molar-refractivity contribution < 1.29 is 9.53 Å². The van der Waals surface area contributed by atoms with Crippen LogP contribution in [0.15, 0.2) is 42.6 Å². The quantitative estimate of drug-likeness (QED) is 0.671. The largest absolute Gasteiger partial charge is 0.439 e. The fourth-order valence-electron chi connectivity index (χ4n) is 3.88. The van der Waals surface area contributed by atoms with E-state index in [0.717, 1.165) is 37.2 Å². The van der Waals surface area contributed by atoms with Crippen LogP contribution in [0.4, 0.5) is 0 Å². The Kier molecular flexibility index (Phi) is 5.33. The number of nitrogens with zero attached hydrogens (tertiary/aromatic N) is 5. The van der Waals surface area contributed by atoms with Gasteiger partial charge in [0.2, 0.25) is 5.88 Å². The van der Waals surface area contributed by atoms with Crippen LogP contribution in [0.2, 0.25) is 0 Å².